The third-order valence-electron chi connectivity index (χ3n) is 6.39. The molecule has 0 spiro atoms. The average molecular weight is 416 g/mol. The highest BCUT2D eigenvalue weighted by Crippen LogP contribution is 2.46. The van der Waals surface area contributed by atoms with E-state index in [1.807, 2.05) is 31.9 Å². The van der Waals surface area contributed by atoms with Crippen molar-refractivity contribution in [3.8, 4) is 0 Å². The van der Waals surface area contributed by atoms with E-state index >= 15 is 0 Å². The lowest BCUT2D eigenvalue weighted by atomic mass is 9.84. The van der Waals surface area contributed by atoms with Crippen LogP contribution in [0.15, 0.2) is 34.7 Å². The zero-order valence-corrected chi connectivity index (χ0v) is 18.7. The molecule has 164 valence electrons. The van der Waals surface area contributed by atoms with Gasteiger partial charge in [-0.3, -0.25) is 9.59 Å². The van der Waals surface area contributed by atoms with Crippen LogP contribution in [-0.4, -0.2) is 71.3 Å². The van der Waals surface area contributed by atoms with E-state index in [9.17, 15) is 14.4 Å². The molecule has 0 aliphatic carbocycles. The Bertz CT molecular complexity index is 822. The molecule has 0 aromatic rings. The maximum absolute atomic E-state index is 13.9. The molecule has 0 N–H and O–H groups in total. The highest BCUT2D eigenvalue weighted by molar-refractivity contribution is 6.10. The number of allylic oxidation sites excluding steroid dienone is 2. The standard InChI is InChI=1S/C23H33N3O4/c1-6-23(22(29)24(5)20-17(4)13-16(3)14-26(20)23)19(25-11-9-8-10-12-25)18(15-27)21(28)30-7-2/h13-15,20H,6-12H2,1-5H3/b19-18-. The van der Waals surface area contributed by atoms with Crippen LogP contribution in [0.4, 0.5) is 0 Å². The van der Waals surface area contributed by atoms with E-state index < -0.39 is 11.5 Å². The van der Waals surface area contributed by atoms with Gasteiger partial charge in [0.2, 0.25) is 0 Å². The van der Waals surface area contributed by atoms with Crippen molar-refractivity contribution in [2.75, 3.05) is 26.7 Å². The number of piperidine rings is 1. The predicted octanol–water partition coefficient (Wildman–Crippen LogP) is 2.60. The molecule has 3 heterocycles. The number of likely N-dealkylation sites (tertiary alicyclic amines) is 1. The molecule has 2 atom stereocenters. The average Bonchev–Trinajstić information content (AvgIpc) is 2.94. The molecule has 0 bridgehead atoms. The van der Waals surface area contributed by atoms with Gasteiger partial charge in [0.15, 0.2) is 11.8 Å². The number of carbonyl (C=O) groups is 3. The van der Waals surface area contributed by atoms with Crippen LogP contribution in [0.25, 0.3) is 0 Å². The van der Waals surface area contributed by atoms with E-state index in [2.05, 4.69) is 11.0 Å². The molecule has 2 fully saturated rings. The summed E-state index contributed by atoms with van der Waals surface area (Å²) in [7, 11) is 1.79. The minimum Gasteiger partial charge on any atom is -0.462 e. The summed E-state index contributed by atoms with van der Waals surface area (Å²) in [5, 5.41) is 0. The maximum Gasteiger partial charge on any atom is 0.343 e. The number of amides is 1. The van der Waals surface area contributed by atoms with Gasteiger partial charge in [-0.05, 0) is 57.6 Å². The first-order valence-electron chi connectivity index (χ1n) is 10.9. The highest BCUT2D eigenvalue weighted by Gasteiger charge is 2.59. The van der Waals surface area contributed by atoms with E-state index in [-0.39, 0.29) is 24.3 Å². The van der Waals surface area contributed by atoms with Crippen LogP contribution in [-0.2, 0) is 19.1 Å². The fourth-order valence-corrected chi connectivity index (χ4v) is 5.21. The summed E-state index contributed by atoms with van der Waals surface area (Å²) < 4.78 is 5.23. The molecule has 7 heteroatoms. The zero-order chi connectivity index (χ0) is 22.1. The van der Waals surface area contributed by atoms with Gasteiger partial charge >= 0.3 is 5.97 Å². The number of esters is 1. The summed E-state index contributed by atoms with van der Waals surface area (Å²) in [5.41, 5.74) is 1.42. The van der Waals surface area contributed by atoms with Crippen LogP contribution in [0.5, 0.6) is 0 Å². The van der Waals surface area contributed by atoms with E-state index in [1.165, 1.54) is 0 Å². The van der Waals surface area contributed by atoms with Crippen LogP contribution in [0.1, 0.15) is 53.4 Å². The van der Waals surface area contributed by atoms with Crippen molar-refractivity contribution in [2.45, 2.75) is 65.1 Å². The number of aldehydes is 1. The first-order valence-corrected chi connectivity index (χ1v) is 10.9. The lowest BCUT2D eigenvalue weighted by molar-refractivity contribution is -0.139. The summed E-state index contributed by atoms with van der Waals surface area (Å²) in [5.74, 6) is -0.761. The lowest BCUT2D eigenvalue weighted by Crippen LogP contribution is -2.56. The molecular weight excluding hydrogens is 382 g/mol. The van der Waals surface area contributed by atoms with Crippen LogP contribution in [0.3, 0.4) is 0 Å². The number of carbonyl (C=O) groups excluding carboxylic acids is 3. The second kappa shape index (κ2) is 8.66. The smallest absolute Gasteiger partial charge is 0.343 e. The van der Waals surface area contributed by atoms with Gasteiger partial charge in [0.1, 0.15) is 11.7 Å². The third kappa shape index (κ3) is 3.34. The Morgan fingerprint density at radius 3 is 2.47 bits per heavy atom. The first kappa shape index (κ1) is 22.1. The van der Waals surface area contributed by atoms with Gasteiger partial charge in [0, 0.05) is 26.3 Å². The first-order chi connectivity index (χ1) is 14.3. The van der Waals surface area contributed by atoms with Crippen molar-refractivity contribution >= 4 is 18.2 Å². The molecule has 0 aromatic carbocycles. The molecule has 2 unspecified atom stereocenters. The molecule has 0 radical (unpaired) electrons. The molecule has 7 nitrogen and oxygen atoms in total. The number of hydrogen-bond donors (Lipinski definition) is 0. The summed E-state index contributed by atoms with van der Waals surface area (Å²) in [6, 6.07) is 0. The summed E-state index contributed by atoms with van der Waals surface area (Å²) in [4.78, 5) is 44.8. The minimum atomic E-state index is -1.13. The van der Waals surface area contributed by atoms with Crippen LogP contribution in [0.2, 0.25) is 0 Å². The summed E-state index contributed by atoms with van der Waals surface area (Å²) in [6.45, 7) is 9.26. The summed E-state index contributed by atoms with van der Waals surface area (Å²) >= 11 is 0. The Labute approximate surface area is 179 Å². The largest absolute Gasteiger partial charge is 0.462 e. The topological polar surface area (TPSA) is 70.2 Å². The lowest BCUT2D eigenvalue weighted by Gasteiger charge is -2.45. The molecule has 3 aliphatic rings. The van der Waals surface area contributed by atoms with E-state index in [4.69, 9.17) is 4.74 Å². The Morgan fingerprint density at radius 1 is 1.23 bits per heavy atom. The Balaban J connectivity index is 2.29. The van der Waals surface area contributed by atoms with Gasteiger partial charge in [-0.2, -0.15) is 0 Å². The van der Waals surface area contributed by atoms with Gasteiger partial charge < -0.3 is 19.4 Å². The molecule has 3 rings (SSSR count). The molecule has 3 aliphatic heterocycles. The van der Waals surface area contributed by atoms with Crippen molar-refractivity contribution in [2.24, 2.45) is 0 Å². The number of likely N-dealkylation sites (N-methyl/N-ethyl adjacent to an activating group) is 1. The zero-order valence-electron chi connectivity index (χ0n) is 18.7. The van der Waals surface area contributed by atoms with Crippen molar-refractivity contribution in [3.05, 3.63) is 34.7 Å². The summed E-state index contributed by atoms with van der Waals surface area (Å²) in [6.07, 6.45) is 7.84. The predicted molar refractivity (Wildman–Crippen MR) is 114 cm³/mol. The van der Waals surface area contributed by atoms with Gasteiger partial charge in [-0.25, -0.2) is 4.79 Å². The molecular formula is C23H33N3O4. The number of ether oxygens (including phenoxy) is 1. The van der Waals surface area contributed by atoms with Gasteiger partial charge in [0.05, 0.1) is 12.3 Å². The number of rotatable bonds is 6. The van der Waals surface area contributed by atoms with E-state index in [0.717, 1.165) is 30.4 Å². The van der Waals surface area contributed by atoms with Crippen molar-refractivity contribution in [3.63, 3.8) is 0 Å². The Hall–Kier alpha value is -2.57. The van der Waals surface area contributed by atoms with Crippen LogP contribution < -0.4 is 0 Å². The normalized spacial score (nSPS) is 27.3. The SMILES string of the molecule is CCOC(=O)/C(C=O)=C(\N1CCCCC1)C1(CC)C(=O)N(C)C2C(C)=CC(C)=CN21. The highest BCUT2D eigenvalue weighted by atomic mass is 16.5. The molecule has 0 aromatic heterocycles. The fraction of sp³-hybridized carbons (Fsp3) is 0.609. The van der Waals surface area contributed by atoms with Crippen molar-refractivity contribution in [1.29, 1.82) is 0 Å². The van der Waals surface area contributed by atoms with E-state index in [1.54, 1.807) is 18.9 Å². The van der Waals surface area contributed by atoms with Gasteiger partial charge in [-0.15, -0.1) is 0 Å². The molecule has 1 amide bonds. The maximum atomic E-state index is 13.9. The second-order valence-electron chi connectivity index (χ2n) is 8.32. The number of fused-ring (bicyclic) bond motifs is 1. The van der Waals surface area contributed by atoms with Crippen molar-refractivity contribution in [1.82, 2.24) is 14.7 Å². The molecule has 2 saturated heterocycles. The quantitative estimate of drug-likeness (QED) is 0.218. The van der Waals surface area contributed by atoms with E-state index in [0.29, 0.717) is 31.5 Å². The fourth-order valence-electron chi connectivity index (χ4n) is 5.21. The third-order valence-corrected chi connectivity index (χ3v) is 6.39. The molecule has 0 saturated carbocycles. The monoisotopic (exact) mass is 415 g/mol. The number of nitrogens with zero attached hydrogens (tertiary/aromatic N) is 3. The second-order valence-corrected chi connectivity index (χ2v) is 8.32. The van der Waals surface area contributed by atoms with Crippen LogP contribution >= 0.6 is 0 Å². The van der Waals surface area contributed by atoms with Gasteiger partial charge in [-0.1, -0.05) is 13.0 Å². The number of hydrogen-bond acceptors (Lipinski definition) is 6. The van der Waals surface area contributed by atoms with Crippen LogP contribution in [0, 0.1) is 0 Å². The van der Waals surface area contributed by atoms with Crippen molar-refractivity contribution < 1.29 is 19.1 Å². The Morgan fingerprint density at radius 2 is 1.90 bits per heavy atom. The Kier molecular flexibility index (Phi) is 6.38. The van der Waals surface area contributed by atoms with Gasteiger partial charge in [0.25, 0.3) is 5.91 Å². The minimum absolute atomic E-state index is 0.0405. The molecule has 30 heavy (non-hydrogen) atoms.